The second-order valence-electron chi connectivity index (χ2n) is 6.83. The highest BCUT2D eigenvalue weighted by Crippen LogP contribution is 2.38. The first-order chi connectivity index (χ1) is 14.7. The summed E-state index contributed by atoms with van der Waals surface area (Å²) in [6.07, 6.45) is -5.01. The van der Waals surface area contributed by atoms with Crippen LogP contribution < -0.4 is 11.2 Å². The van der Waals surface area contributed by atoms with Gasteiger partial charge in [-0.3, -0.25) is 23.7 Å². The highest BCUT2D eigenvalue weighted by Gasteiger charge is 2.48. The van der Waals surface area contributed by atoms with Crippen molar-refractivity contribution in [2.75, 3.05) is 32.2 Å². The average molecular weight is 484 g/mol. The normalized spacial score (nSPS) is 24.5. The lowest BCUT2D eigenvalue weighted by Crippen LogP contribution is -2.36. The number of ether oxygens (including phenoxy) is 2. The molecular weight excluding hydrogens is 458 g/mol. The van der Waals surface area contributed by atoms with E-state index in [0.29, 0.717) is 12.4 Å². The van der Waals surface area contributed by atoms with E-state index in [9.17, 15) is 28.4 Å². The first kappa shape index (κ1) is 25.9. The molecule has 1 aliphatic heterocycles. The average Bonchev–Trinajstić information content (AvgIpc) is 3.02. The number of carbonyl (C=O) groups is 1. The number of carbonyl (C=O) groups excluding carboxylic acids is 1. The highest BCUT2D eigenvalue weighted by atomic mass is 32.2. The molecule has 0 bridgehead atoms. The minimum absolute atomic E-state index is 0.0554. The van der Waals surface area contributed by atoms with Crippen LogP contribution in [0, 0.1) is 5.92 Å². The Hall–Kier alpha value is -1.34. The third kappa shape index (κ3) is 7.63. The minimum Gasteiger partial charge on any atom is -0.394 e. The van der Waals surface area contributed by atoms with Gasteiger partial charge in [0, 0.05) is 23.9 Å². The number of hydrogen-bond acceptors (Lipinski definition) is 10. The van der Waals surface area contributed by atoms with Crippen LogP contribution in [0.15, 0.2) is 21.9 Å². The quantitative estimate of drug-likeness (QED) is 0.317. The number of aromatic nitrogens is 2. The van der Waals surface area contributed by atoms with Crippen LogP contribution >= 0.6 is 20.0 Å². The van der Waals surface area contributed by atoms with E-state index in [2.05, 4.69) is 0 Å². The van der Waals surface area contributed by atoms with E-state index < -0.39 is 50.7 Å². The van der Waals surface area contributed by atoms with Crippen molar-refractivity contribution in [3.05, 3.63) is 33.1 Å². The summed E-state index contributed by atoms with van der Waals surface area (Å²) >= 11 is 1.17. The lowest BCUT2D eigenvalue weighted by Gasteiger charge is -2.18. The maximum Gasteiger partial charge on any atom is 0.330 e. The van der Waals surface area contributed by atoms with E-state index in [1.54, 1.807) is 0 Å². The van der Waals surface area contributed by atoms with Crippen LogP contribution in [0.3, 0.4) is 0 Å². The maximum absolute atomic E-state index is 14.8. The number of aromatic amines is 1. The SMILES string of the molecule is CC(C)C(=O)SCCOCCO[PH](=O)OC1C(CO)OC(n2ccc(=O)[nH]c2=O)C1F. The van der Waals surface area contributed by atoms with Gasteiger partial charge in [0.25, 0.3) is 5.56 Å². The first-order valence-electron chi connectivity index (χ1n) is 9.54. The van der Waals surface area contributed by atoms with Gasteiger partial charge in [0.1, 0.15) is 12.2 Å². The monoisotopic (exact) mass is 484 g/mol. The topological polar surface area (TPSA) is 146 Å². The van der Waals surface area contributed by atoms with Crippen LogP contribution in [0.5, 0.6) is 0 Å². The molecule has 2 heterocycles. The van der Waals surface area contributed by atoms with Crippen molar-refractivity contribution in [2.45, 2.75) is 38.5 Å². The molecule has 0 aromatic carbocycles. The zero-order chi connectivity index (χ0) is 23.0. The van der Waals surface area contributed by atoms with Gasteiger partial charge in [0.15, 0.2) is 17.5 Å². The van der Waals surface area contributed by atoms with Gasteiger partial charge in [0.05, 0.1) is 26.4 Å². The Morgan fingerprint density at radius 1 is 1.39 bits per heavy atom. The molecule has 2 rings (SSSR count). The van der Waals surface area contributed by atoms with Crippen molar-refractivity contribution >= 4 is 25.1 Å². The summed E-state index contributed by atoms with van der Waals surface area (Å²) in [6, 6.07) is 1.02. The number of H-pyrrole nitrogens is 1. The predicted molar refractivity (Wildman–Crippen MR) is 110 cm³/mol. The van der Waals surface area contributed by atoms with Gasteiger partial charge in [-0.1, -0.05) is 25.6 Å². The highest BCUT2D eigenvalue weighted by molar-refractivity contribution is 8.13. The van der Waals surface area contributed by atoms with Crippen molar-refractivity contribution < 1.29 is 37.4 Å². The number of hydrogen-bond donors (Lipinski definition) is 2. The van der Waals surface area contributed by atoms with Crippen LogP contribution in [0.4, 0.5) is 4.39 Å². The largest absolute Gasteiger partial charge is 0.394 e. The summed E-state index contributed by atoms with van der Waals surface area (Å²) < 4.78 is 48.3. The molecule has 14 heteroatoms. The summed E-state index contributed by atoms with van der Waals surface area (Å²) in [7, 11) is -3.15. The standard InChI is InChI=1S/C17H26FN2O9PS/c1-10(2)16(23)31-8-7-26-5-6-27-30(25)29-14-11(9-21)28-15(13(14)18)20-4-3-12(22)19-17(20)24/h3-4,10-11,13-15,21,30H,5-9H2,1-2H3,(H,19,22,24). The van der Waals surface area contributed by atoms with E-state index in [0.717, 1.165) is 16.8 Å². The fourth-order valence-corrected chi connectivity index (χ4v) is 4.19. The van der Waals surface area contributed by atoms with Crippen LogP contribution in [0.2, 0.25) is 0 Å². The third-order valence-electron chi connectivity index (χ3n) is 4.20. The molecule has 0 amide bonds. The Balaban J connectivity index is 1.78. The molecule has 1 aliphatic rings. The van der Waals surface area contributed by atoms with E-state index >= 15 is 0 Å². The third-order valence-corrected chi connectivity index (χ3v) is 6.23. The number of nitrogens with one attached hydrogen (secondary N) is 1. The van der Waals surface area contributed by atoms with Crippen LogP contribution in [0.25, 0.3) is 0 Å². The summed E-state index contributed by atoms with van der Waals surface area (Å²) in [4.78, 5) is 36.4. The molecule has 1 aromatic heterocycles. The fraction of sp³-hybridized carbons (Fsp3) is 0.706. The molecule has 1 fully saturated rings. The minimum atomic E-state index is -3.15. The summed E-state index contributed by atoms with van der Waals surface area (Å²) in [5.41, 5.74) is -1.56. The second-order valence-corrected chi connectivity index (χ2v) is 8.95. The number of thioether (sulfide) groups is 1. The van der Waals surface area contributed by atoms with Crippen molar-refractivity contribution in [3.8, 4) is 0 Å². The molecule has 0 aliphatic carbocycles. The van der Waals surface area contributed by atoms with Gasteiger partial charge >= 0.3 is 13.9 Å². The second kappa shape index (κ2) is 12.6. The number of aliphatic hydroxyl groups excluding tert-OH is 1. The smallest absolute Gasteiger partial charge is 0.330 e. The molecule has 5 unspecified atom stereocenters. The lowest BCUT2D eigenvalue weighted by molar-refractivity contribution is -0.113. The molecule has 0 radical (unpaired) electrons. The number of halogens is 1. The molecule has 2 N–H and O–H groups in total. The van der Waals surface area contributed by atoms with Gasteiger partial charge in [0.2, 0.25) is 0 Å². The van der Waals surface area contributed by atoms with E-state index in [-0.39, 0.29) is 24.2 Å². The molecule has 0 spiro atoms. The Morgan fingerprint density at radius 2 is 2.13 bits per heavy atom. The zero-order valence-corrected chi connectivity index (χ0v) is 18.8. The molecule has 31 heavy (non-hydrogen) atoms. The molecule has 1 aromatic rings. The first-order valence-corrected chi connectivity index (χ1v) is 11.7. The van der Waals surface area contributed by atoms with Crippen molar-refractivity contribution in [1.82, 2.24) is 9.55 Å². The van der Waals surface area contributed by atoms with Gasteiger partial charge in [-0.05, 0) is 0 Å². The Morgan fingerprint density at radius 3 is 2.77 bits per heavy atom. The van der Waals surface area contributed by atoms with E-state index in [1.807, 2.05) is 18.8 Å². The van der Waals surface area contributed by atoms with Crippen molar-refractivity contribution in [3.63, 3.8) is 0 Å². The molecule has 176 valence electrons. The van der Waals surface area contributed by atoms with Crippen LogP contribution in [-0.4, -0.2) is 70.3 Å². The lowest BCUT2D eigenvalue weighted by atomic mass is 10.1. The van der Waals surface area contributed by atoms with Crippen molar-refractivity contribution in [2.24, 2.45) is 5.92 Å². The predicted octanol–water partition coefficient (Wildman–Crippen LogP) is 0.488. The van der Waals surface area contributed by atoms with E-state index in [1.165, 1.54) is 11.8 Å². The maximum atomic E-state index is 14.8. The number of alkyl halides is 1. The van der Waals surface area contributed by atoms with Gasteiger partial charge in [-0.15, -0.1) is 0 Å². The van der Waals surface area contributed by atoms with Gasteiger partial charge in [-0.2, -0.15) is 0 Å². The Labute approximate surface area is 182 Å². The zero-order valence-electron chi connectivity index (χ0n) is 17.0. The van der Waals surface area contributed by atoms with Crippen LogP contribution in [0.1, 0.15) is 20.1 Å². The number of nitrogens with zero attached hydrogens (tertiary/aromatic N) is 1. The number of rotatable bonds is 12. The Kier molecular flexibility index (Phi) is 10.6. The molecule has 11 nitrogen and oxygen atoms in total. The molecule has 1 saturated heterocycles. The number of aliphatic hydroxyl groups is 1. The van der Waals surface area contributed by atoms with Gasteiger partial charge in [-0.25, -0.2) is 9.18 Å². The molecule has 0 saturated carbocycles. The summed E-state index contributed by atoms with van der Waals surface area (Å²) in [5, 5.41) is 9.49. The molecular formula is C17H26FN2O9PS. The van der Waals surface area contributed by atoms with Crippen molar-refractivity contribution in [1.29, 1.82) is 0 Å². The Bertz CT molecular complexity index is 864. The fourth-order valence-electron chi connectivity index (χ4n) is 2.63. The van der Waals surface area contributed by atoms with E-state index in [4.69, 9.17) is 18.5 Å². The molecule has 5 atom stereocenters. The summed E-state index contributed by atoms with van der Waals surface area (Å²) in [5.74, 6) is 0.426. The van der Waals surface area contributed by atoms with Crippen LogP contribution in [-0.2, 0) is 27.9 Å². The van der Waals surface area contributed by atoms with Gasteiger partial charge < -0.3 is 23.6 Å². The summed E-state index contributed by atoms with van der Waals surface area (Å²) in [6.45, 7) is 3.28.